The lowest BCUT2D eigenvalue weighted by atomic mass is 10.5. The third-order valence-electron chi connectivity index (χ3n) is 0.880. The second-order valence-electron chi connectivity index (χ2n) is 1.74. The van der Waals surface area contributed by atoms with Gasteiger partial charge in [-0.3, -0.25) is 0 Å². The molecule has 0 aliphatic carbocycles. The Morgan fingerprint density at radius 1 is 1.36 bits per heavy atom. The predicted octanol–water partition coefficient (Wildman–Crippen LogP) is 2.23. The zero-order valence-corrected chi connectivity index (χ0v) is 6.00. The molecule has 1 aromatic heterocycles. The summed E-state index contributed by atoms with van der Waals surface area (Å²) < 4.78 is 38.1. The molecule has 6 heteroatoms. The summed E-state index contributed by atoms with van der Waals surface area (Å²) in [4.78, 5) is 0. The van der Waals surface area contributed by atoms with Crippen molar-refractivity contribution in [3.63, 3.8) is 0 Å². The topological polar surface area (TPSA) is 35.2 Å². The second-order valence-corrected chi connectivity index (χ2v) is 2.48. The van der Waals surface area contributed by atoms with Crippen molar-refractivity contribution in [2.24, 2.45) is 0 Å². The van der Waals surface area contributed by atoms with Gasteiger partial charge in [-0.15, -0.1) is 24.5 Å². The molecule has 62 valence electrons. The van der Waals surface area contributed by atoms with Gasteiger partial charge in [-0.2, -0.15) is 0 Å². The van der Waals surface area contributed by atoms with Crippen molar-refractivity contribution in [2.75, 3.05) is 5.73 Å². The van der Waals surface area contributed by atoms with Gasteiger partial charge in [-0.1, -0.05) is 0 Å². The highest BCUT2D eigenvalue weighted by molar-refractivity contribution is 7.08. The molecule has 2 N–H and O–H groups in total. The molecule has 0 saturated heterocycles. The molecule has 0 aromatic carbocycles. The zero-order chi connectivity index (χ0) is 8.48. The Bertz CT molecular complexity index is 244. The summed E-state index contributed by atoms with van der Waals surface area (Å²) in [6.45, 7) is 0. The van der Waals surface area contributed by atoms with Gasteiger partial charge in [0.05, 0.1) is 5.69 Å². The summed E-state index contributed by atoms with van der Waals surface area (Å²) in [5.41, 5.74) is 5.14. The third-order valence-corrected chi connectivity index (χ3v) is 1.62. The number of anilines is 1. The van der Waals surface area contributed by atoms with Crippen molar-refractivity contribution in [2.45, 2.75) is 6.36 Å². The van der Waals surface area contributed by atoms with E-state index in [-0.39, 0.29) is 11.4 Å². The lowest BCUT2D eigenvalue weighted by molar-refractivity contribution is -0.274. The van der Waals surface area contributed by atoms with Gasteiger partial charge in [0.25, 0.3) is 0 Å². The van der Waals surface area contributed by atoms with E-state index in [1.165, 1.54) is 10.8 Å². The number of alkyl halides is 3. The number of nitrogen functional groups attached to an aromatic ring is 1. The van der Waals surface area contributed by atoms with E-state index in [1.54, 1.807) is 0 Å². The van der Waals surface area contributed by atoms with E-state index in [0.717, 1.165) is 11.3 Å². The Kier molecular flexibility index (Phi) is 1.95. The molecule has 0 amide bonds. The number of nitrogens with two attached hydrogens (primary N) is 1. The van der Waals surface area contributed by atoms with Gasteiger partial charge in [-0.05, 0) is 0 Å². The minimum atomic E-state index is -4.66. The van der Waals surface area contributed by atoms with Crippen LogP contribution in [0.3, 0.4) is 0 Å². The van der Waals surface area contributed by atoms with Crippen LogP contribution >= 0.6 is 11.3 Å². The van der Waals surface area contributed by atoms with Crippen molar-refractivity contribution in [1.82, 2.24) is 0 Å². The summed E-state index contributed by atoms with van der Waals surface area (Å²) in [5.74, 6) is -0.331. The van der Waals surface area contributed by atoms with Crippen LogP contribution in [0.15, 0.2) is 10.8 Å². The highest BCUT2D eigenvalue weighted by atomic mass is 32.1. The molecule has 0 aliphatic rings. The van der Waals surface area contributed by atoms with E-state index in [4.69, 9.17) is 5.73 Å². The SMILES string of the molecule is Nc1cscc1OC(F)(F)F. The molecule has 0 atom stereocenters. The highest BCUT2D eigenvalue weighted by Gasteiger charge is 2.32. The Labute approximate surface area is 64.4 Å². The number of rotatable bonds is 1. The van der Waals surface area contributed by atoms with Crippen molar-refractivity contribution >= 4 is 17.0 Å². The quantitative estimate of drug-likeness (QED) is 0.724. The first-order valence-corrected chi connectivity index (χ1v) is 3.51. The van der Waals surface area contributed by atoms with Gasteiger partial charge in [-0.25, -0.2) is 0 Å². The van der Waals surface area contributed by atoms with E-state index in [9.17, 15) is 13.2 Å². The molecule has 0 fully saturated rings. The Morgan fingerprint density at radius 2 is 2.00 bits per heavy atom. The van der Waals surface area contributed by atoms with E-state index < -0.39 is 6.36 Å². The fourth-order valence-electron chi connectivity index (χ4n) is 0.503. The van der Waals surface area contributed by atoms with Crippen molar-refractivity contribution < 1.29 is 17.9 Å². The fraction of sp³-hybridized carbons (Fsp3) is 0.200. The van der Waals surface area contributed by atoms with Crippen LogP contribution in [0, 0.1) is 0 Å². The van der Waals surface area contributed by atoms with Gasteiger partial charge in [0.1, 0.15) is 0 Å². The Morgan fingerprint density at radius 3 is 2.36 bits per heavy atom. The van der Waals surface area contributed by atoms with Gasteiger partial charge in [0, 0.05) is 10.8 Å². The summed E-state index contributed by atoms with van der Waals surface area (Å²) in [7, 11) is 0. The van der Waals surface area contributed by atoms with Gasteiger partial charge >= 0.3 is 6.36 Å². The van der Waals surface area contributed by atoms with Crippen LogP contribution in [-0.2, 0) is 0 Å². The molecule has 11 heavy (non-hydrogen) atoms. The monoisotopic (exact) mass is 183 g/mol. The van der Waals surface area contributed by atoms with Crippen molar-refractivity contribution in [3.05, 3.63) is 10.8 Å². The van der Waals surface area contributed by atoms with Gasteiger partial charge in [0.2, 0.25) is 0 Å². The van der Waals surface area contributed by atoms with Crippen LogP contribution < -0.4 is 10.5 Å². The molecule has 0 spiro atoms. The third kappa shape index (κ3) is 2.30. The molecular weight excluding hydrogens is 179 g/mol. The predicted molar refractivity (Wildman–Crippen MR) is 35.4 cm³/mol. The molecule has 0 saturated carbocycles. The van der Waals surface area contributed by atoms with Crippen LogP contribution in [-0.4, -0.2) is 6.36 Å². The first-order valence-electron chi connectivity index (χ1n) is 2.56. The van der Waals surface area contributed by atoms with E-state index >= 15 is 0 Å². The fourth-order valence-corrected chi connectivity index (χ4v) is 1.14. The summed E-state index contributed by atoms with van der Waals surface area (Å²) in [6.07, 6.45) is -4.66. The lowest BCUT2D eigenvalue weighted by Crippen LogP contribution is -2.17. The van der Waals surface area contributed by atoms with E-state index in [2.05, 4.69) is 4.74 Å². The average Bonchev–Trinajstić information content (AvgIpc) is 2.12. The maximum atomic E-state index is 11.5. The average molecular weight is 183 g/mol. The number of ether oxygens (including phenoxy) is 1. The first kappa shape index (κ1) is 8.19. The molecule has 1 rings (SSSR count). The molecule has 1 aromatic rings. The maximum absolute atomic E-state index is 11.5. The number of hydrogen-bond donors (Lipinski definition) is 1. The molecule has 0 unspecified atom stereocenters. The summed E-state index contributed by atoms with van der Waals surface area (Å²) >= 11 is 1.06. The molecule has 1 heterocycles. The van der Waals surface area contributed by atoms with E-state index in [1.807, 2.05) is 0 Å². The smallest absolute Gasteiger partial charge is 0.403 e. The van der Waals surface area contributed by atoms with Gasteiger partial charge in [0.15, 0.2) is 5.75 Å². The standard InChI is InChI=1S/C5H4F3NOS/c6-5(7,8)10-4-2-11-1-3(4)9/h1-2H,9H2. The molecular formula is C5H4F3NOS. The minimum Gasteiger partial charge on any atom is -0.403 e. The summed E-state index contributed by atoms with van der Waals surface area (Å²) in [5, 5.41) is 2.57. The molecule has 0 bridgehead atoms. The number of halogens is 3. The van der Waals surface area contributed by atoms with Gasteiger partial charge < -0.3 is 10.5 Å². The Hall–Kier alpha value is -0.910. The Balaban J connectivity index is 2.72. The molecule has 0 radical (unpaired) electrons. The van der Waals surface area contributed by atoms with Crippen molar-refractivity contribution in [3.8, 4) is 5.75 Å². The number of hydrogen-bond acceptors (Lipinski definition) is 3. The zero-order valence-electron chi connectivity index (χ0n) is 5.18. The van der Waals surface area contributed by atoms with Crippen LogP contribution in [0.25, 0.3) is 0 Å². The van der Waals surface area contributed by atoms with Crippen molar-refractivity contribution in [1.29, 1.82) is 0 Å². The minimum absolute atomic E-state index is 0.00678. The van der Waals surface area contributed by atoms with Crippen LogP contribution in [0.5, 0.6) is 5.75 Å². The lowest BCUT2D eigenvalue weighted by Gasteiger charge is -2.06. The van der Waals surface area contributed by atoms with Crippen LogP contribution in [0.4, 0.5) is 18.9 Å². The van der Waals surface area contributed by atoms with Crippen LogP contribution in [0.1, 0.15) is 0 Å². The van der Waals surface area contributed by atoms with Crippen LogP contribution in [0.2, 0.25) is 0 Å². The first-order chi connectivity index (χ1) is 4.99. The molecule has 2 nitrogen and oxygen atoms in total. The largest absolute Gasteiger partial charge is 0.573 e. The highest BCUT2D eigenvalue weighted by Crippen LogP contribution is 2.30. The second kappa shape index (κ2) is 2.61. The molecule has 0 aliphatic heterocycles. The normalized spacial score (nSPS) is 11.5. The van der Waals surface area contributed by atoms with E-state index in [0.29, 0.717) is 0 Å². The summed E-state index contributed by atoms with van der Waals surface area (Å²) in [6, 6.07) is 0. The maximum Gasteiger partial charge on any atom is 0.573 e. The number of thiophene rings is 1.